The van der Waals surface area contributed by atoms with E-state index in [-0.39, 0.29) is 11.7 Å². The fourth-order valence-electron chi connectivity index (χ4n) is 1.48. The van der Waals surface area contributed by atoms with Gasteiger partial charge in [0.05, 0.1) is 0 Å². The molecule has 0 aliphatic heterocycles. The van der Waals surface area contributed by atoms with E-state index in [0.717, 1.165) is 31.0 Å². The Hall–Kier alpha value is -1.34. The quantitative estimate of drug-likeness (QED) is 0.679. The average molecular weight is 300 g/mol. The number of unbranched alkanes of at least 4 members (excludes halogenated alkanes) is 1. The highest BCUT2D eigenvalue weighted by Crippen LogP contribution is 2.26. The molecule has 0 fully saturated rings. The molecule has 0 aliphatic rings. The van der Waals surface area contributed by atoms with Gasteiger partial charge in [-0.1, -0.05) is 24.7 Å². The van der Waals surface area contributed by atoms with Crippen LogP contribution in [-0.4, -0.2) is 44.7 Å². The molecule has 0 saturated heterocycles. The third-order valence-electron chi connectivity index (χ3n) is 2.62. The van der Waals surface area contributed by atoms with Crippen LogP contribution in [0.3, 0.4) is 0 Å². The molecule has 0 bridgehead atoms. The maximum Gasteiger partial charge on any atom is 0.265 e. The maximum atomic E-state index is 12.0. The molecule has 1 aromatic rings. The lowest BCUT2D eigenvalue weighted by atomic mass is 10.3. The first kappa shape index (κ1) is 16.7. The minimum Gasteiger partial charge on any atom is -0.382 e. The van der Waals surface area contributed by atoms with Crippen LogP contribution in [0.15, 0.2) is 0 Å². The highest BCUT2D eigenvalue weighted by atomic mass is 32.1. The Bertz CT molecular complexity index is 421. The van der Waals surface area contributed by atoms with E-state index in [1.165, 1.54) is 11.3 Å². The Morgan fingerprint density at radius 3 is 2.70 bits per heavy atom. The Labute approximate surface area is 124 Å². The summed E-state index contributed by atoms with van der Waals surface area (Å²) in [6, 6.07) is 0. The summed E-state index contributed by atoms with van der Waals surface area (Å²) in [4.78, 5) is 18.4. The van der Waals surface area contributed by atoms with Crippen LogP contribution in [0.2, 0.25) is 0 Å². The number of nitrogens with one attached hydrogen (secondary N) is 1. The van der Waals surface area contributed by atoms with Crippen LogP contribution in [0.5, 0.6) is 0 Å². The molecule has 1 heterocycles. The molecule has 3 N–H and O–H groups in total. The van der Waals surface area contributed by atoms with Crippen molar-refractivity contribution in [1.82, 2.24) is 10.3 Å². The molecule has 6 nitrogen and oxygen atoms in total. The van der Waals surface area contributed by atoms with E-state index in [2.05, 4.69) is 17.2 Å². The van der Waals surface area contributed by atoms with Gasteiger partial charge in [-0.05, 0) is 12.8 Å². The van der Waals surface area contributed by atoms with Crippen molar-refractivity contribution < 1.29 is 9.53 Å². The molecule has 1 amide bonds. The molecular weight excluding hydrogens is 276 g/mol. The highest BCUT2D eigenvalue weighted by molar-refractivity contribution is 7.18. The standard InChI is InChI=1S/C13H24N4O2S/c1-4-5-8-19-9-6-7-15-12(18)10-11(14)16-13(20-10)17(2)3/h4-9,14H2,1-3H3,(H,15,18). The van der Waals surface area contributed by atoms with Crippen LogP contribution >= 0.6 is 11.3 Å². The first-order chi connectivity index (χ1) is 9.56. The number of hydrogen-bond donors (Lipinski definition) is 2. The molecular formula is C13H24N4O2S. The van der Waals surface area contributed by atoms with Gasteiger partial charge in [0.15, 0.2) is 5.13 Å². The summed E-state index contributed by atoms with van der Waals surface area (Å²) in [5.74, 6) is 0.122. The van der Waals surface area contributed by atoms with Crippen molar-refractivity contribution in [2.75, 3.05) is 44.5 Å². The number of nitrogens with two attached hydrogens (primary N) is 1. The lowest BCUT2D eigenvalue weighted by Crippen LogP contribution is -2.25. The number of ether oxygens (including phenoxy) is 1. The van der Waals surface area contributed by atoms with Crippen LogP contribution in [0.25, 0.3) is 0 Å². The molecule has 20 heavy (non-hydrogen) atoms. The minimum atomic E-state index is -0.165. The van der Waals surface area contributed by atoms with Gasteiger partial charge in [-0.15, -0.1) is 0 Å². The average Bonchev–Trinajstić information content (AvgIpc) is 2.80. The molecule has 1 aromatic heterocycles. The Kier molecular flexibility index (Phi) is 7.32. The van der Waals surface area contributed by atoms with Gasteiger partial charge in [0.2, 0.25) is 0 Å². The van der Waals surface area contributed by atoms with Crippen molar-refractivity contribution in [1.29, 1.82) is 0 Å². The zero-order valence-corrected chi connectivity index (χ0v) is 13.3. The van der Waals surface area contributed by atoms with Crippen molar-refractivity contribution in [3.8, 4) is 0 Å². The predicted octanol–water partition coefficient (Wildman–Crippen LogP) is 1.73. The van der Waals surface area contributed by atoms with Crippen LogP contribution in [0.4, 0.5) is 10.9 Å². The normalized spacial score (nSPS) is 10.6. The van der Waals surface area contributed by atoms with E-state index in [1.807, 2.05) is 19.0 Å². The molecule has 0 radical (unpaired) electrons. The second-order valence-corrected chi connectivity index (χ2v) is 5.66. The van der Waals surface area contributed by atoms with Gasteiger partial charge in [0.25, 0.3) is 5.91 Å². The molecule has 0 atom stereocenters. The highest BCUT2D eigenvalue weighted by Gasteiger charge is 2.16. The van der Waals surface area contributed by atoms with Gasteiger partial charge in [-0.3, -0.25) is 4.79 Å². The smallest absolute Gasteiger partial charge is 0.265 e. The Morgan fingerprint density at radius 1 is 1.40 bits per heavy atom. The van der Waals surface area contributed by atoms with Crippen LogP contribution in [-0.2, 0) is 4.74 Å². The summed E-state index contributed by atoms with van der Waals surface area (Å²) in [6.07, 6.45) is 3.02. The van der Waals surface area contributed by atoms with Crippen molar-refractivity contribution in [3.63, 3.8) is 0 Å². The molecule has 0 saturated carbocycles. The van der Waals surface area contributed by atoms with E-state index >= 15 is 0 Å². The first-order valence-electron chi connectivity index (χ1n) is 6.85. The number of hydrogen-bond acceptors (Lipinski definition) is 6. The van der Waals surface area contributed by atoms with Crippen LogP contribution in [0.1, 0.15) is 35.9 Å². The van der Waals surface area contributed by atoms with E-state index in [0.29, 0.717) is 18.0 Å². The zero-order chi connectivity index (χ0) is 15.0. The van der Waals surface area contributed by atoms with E-state index in [4.69, 9.17) is 10.5 Å². The second-order valence-electron chi connectivity index (χ2n) is 4.68. The lowest BCUT2D eigenvalue weighted by Gasteiger charge is -2.05. The van der Waals surface area contributed by atoms with Gasteiger partial charge in [-0.2, -0.15) is 0 Å². The van der Waals surface area contributed by atoms with Crippen molar-refractivity contribution >= 4 is 28.2 Å². The van der Waals surface area contributed by atoms with Gasteiger partial charge in [0, 0.05) is 33.9 Å². The summed E-state index contributed by atoms with van der Waals surface area (Å²) in [5.41, 5.74) is 5.75. The number of thiazole rings is 1. The van der Waals surface area contributed by atoms with Crippen molar-refractivity contribution in [3.05, 3.63) is 4.88 Å². The number of rotatable bonds is 9. The summed E-state index contributed by atoms with van der Waals surface area (Å²) in [5, 5.41) is 3.57. The van der Waals surface area contributed by atoms with Gasteiger partial charge in [0.1, 0.15) is 10.7 Å². The van der Waals surface area contributed by atoms with E-state index < -0.39 is 0 Å². The molecule has 0 unspecified atom stereocenters. The van der Waals surface area contributed by atoms with E-state index in [9.17, 15) is 4.79 Å². The van der Waals surface area contributed by atoms with Crippen LogP contribution in [0, 0.1) is 0 Å². The van der Waals surface area contributed by atoms with Crippen LogP contribution < -0.4 is 16.0 Å². The first-order valence-corrected chi connectivity index (χ1v) is 7.67. The fraction of sp³-hybridized carbons (Fsp3) is 0.692. The molecule has 114 valence electrons. The van der Waals surface area contributed by atoms with Crippen molar-refractivity contribution in [2.45, 2.75) is 26.2 Å². The Morgan fingerprint density at radius 2 is 2.10 bits per heavy atom. The van der Waals surface area contributed by atoms with E-state index in [1.54, 1.807) is 0 Å². The second kappa shape index (κ2) is 8.76. The molecule has 7 heteroatoms. The minimum absolute atomic E-state index is 0.165. The zero-order valence-electron chi connectivity index (χ0n) is 12.4. The molecule has 0 spiro atoms. The largest absolute Gasteiger partial charge is 0.382 e. The number of anilines is 2. The van der Waals surface area contributed by atoms with Crippen molar-refractivity contribution in [2.24, 2.45) is 0 Å². The number of aromatic nitrogens is 1. The number of nitrogen functional groups attached to an aromatic ring is 1. The topological polar surface area (TPSA) is 80.5 Å². The lowest BCUT2D eigenvalue weighted by molar-refractivity contribution is 0.0945. The Balaban J connectivity index is 2.29. The third kappa shape index (κ3) is 5.34. The number of amides is 1. The summed E-state index contributed by atoms with van der Waals surface area (Å²) < 4.78 is 5.43. The number of nitrogens with zero attached hydrogens (tertiary/aromatic N) is 2. The molecule has 0 aliphatic carbocycles. The number of carbonyl (C=O) groups excluding carboxylic acids is 1. The maximum absolute atomic E-state index is 12.0. The third-order valence-corrected chi connectivity index (χ3v) is 3.86. The SMILES string of the molecule is CCCCOCCCNC(=O)c1sc(N(C)C)nc1N. The summed E-state index contributed by atoms with van der Waals surface area (Å²) in [6.45, 7) is 4.17. The van der Waals surface area contributed by atoms with Gasteiger partial charge < -0.3 is 20.7 Å². The van der Waals surface area contributed by atoms with Gasteiger partial charge >= 0.3 is 0 Å². The molecule has 1 rings (SSSR count). The fourth-order valence-corrected chi connectivity index (χ4v) is 2.30. The summed E-state index contributed by atoms with van der Waals surface area (Å²) >= 11 is 1.30. The summed E-state index contributed by atoms with van der Waals surface area (Å²) in [7, 11) is 3.74. The van der Waals surface area contributed by atoms with Gasteiger partial charge in [-0.25, -0.2) is 4.98 Å². The number of carbonyl (C=O) groups is 1. The predicted molar refractivity (Wildman–Crippen MR) is 83.5 cm³/mol. The molecule has 0 aromatic carbocycles. The monoisotopic (exact) mass is 300 g/mol.